The predicted molar refractivity (Wildman–Crippen MR) is 94.2 cm³/mol. The van der Waals surface area contributed by atoms with Crippen LogP contribution in [-0.4, -0.2) is 36.3 Å². The fourth-order valence-electron chi connectivity index (χ4n) is 2.79. The van der Waals surface area contributed by atoms with Gasteiger partial charge in [0.25, 0.3) is 5.91 Å². The summed E-state index contributed by atoms with van der Waals surface area (Å²) >= 11 is 1.46. The zero-order chi connectivity index (χ0) is 18.4. The fraction of sp³-hybridized carbons (Fsp3) is 0.438. The Hall–Kier alpha value is -2.55. The average Bonchev–Trinajstić information content (AvgIpc) is 3.06. The van der Waals surface area contributed by atoms with Gasteiger partial charge in [-0.3, -0.25) is 9.69 Å². The largest absolute Gasteiger partial charge is 0.434 e. The van der Waals surface area contributed by atoms with Gasteiger partial charge >= 0.3 is 6.09 Å². The van der Waals surface area contributed by atoms with Crippen LogP contribution in [0.4, 0.5) is 10.5 Å². The molecule has 0 radical (unpaired) electrons. The number of ether oxygens (including phenoxy) is 1. The lowest BCUT2D eigenvalue weighted by Gasteiger charge is -2.22. The third-order valence-electron chi connectivity index (χ3n) is 3.86. The second kappa shape index (κ2) is 6.07. The Kier molecular flexibility index (Phi) is 4.19. The number of carbonyl (C=O) groups excluding carboxylic acids is 2. The first-order valence-electron chi connectivity index (χ1n) is 7.73. The summed E-state index contributed by atoms with van der Waals surface area (Å²) in [6.45, 7) is 6.35. The van der Waals surface area contributed by atoms with Crippen LogP contribution in [0.1, 0.15) is 20.8 Å². The number of amides is 2. The first-order valence-corrected chi connectivity index (χ1v) is 8.55. The fourth-order valence-corrected chi connectivity index (χ4v) is 4.01. The van der Waals surface area contributed by atoms with E-state index in [1.165, 1.54) is 23.3 Å². The molecule has 9 heteroatoms. The standard InChI is InChI=1S/C16H20N4O4S/c1-16(2,3)20-10-6-5-9(7-12(10)25-14(20)18-23-4)19-8-11(13(17)21)24-15(19)22/h5-7,11H,8H2,1-4H3,(H2,17,21)/b18-14-/t11-/m1/s1. The van der Waals surface area contributed by atoms with Crippen LogP contribution in [0.15, 0.2) is 23.4 Å². The van der Waals surface area contributed by atoms with E-state index in [4.69, 9.17) is 15.3 Å². The molecular weight excluding hydrogens is 344 g/mol. The van der Waals surface area contributed by atoms with Gasteiger partial charge < -0.3 is 19.9 Å². The summed E-state index contributed by atoms with van der Waals surface area (Å²) < 4.78 is 8.02. The maximum Gasteiger partial charge on any atom is 0.415 e. The average molecular weight is 364 g/mol. The Balaban J connectivity index is 2.09. The molecule has 2 aromatic rings. The van der Waals surface area contributed by atoms with Gasteiger partial charge in [-0.2, -0.15) is 0 Å². The van der Waals surface area contributed by atoms with Gasteiger partial charge in [0.15, 0.2) is 6.10 Å². The molecule has 134 valence electrons. The van der Waals surface area contributed by atoms with Crippen molar-refractivity contribution in [2.45, 2.75) is 32.4 Å². The molecule has 1 aliphatic rings. The maximum atomic E-state index is 12.0. The van der Waals surface area contributed by atoms with Gasteiger partial charge in [0.05, 0.1) is 16.8 Å². The normalized spacial score (nSPS) is 18.7. The number of nitrogens with zero attached hydrogens (tertiary/aromatic N) is 3. The molecule has 0 bridgehead atoms. The first-order chi connectivity index (χ1) is 11.7. The third kappa shape index (κ3) is 3.07. The van der Waals surface area contributed by atoms with Gasteiger partial charge in [-0.1, -0.05) is 16.5 Å². The Morgan fingerprint density at radius 3 is 2.72 bits per heavy atom. The molecule has 0 unspecified atom stereocenters. The highest BCUT2D eigenvalue weighted by atomic mass is 32.1. The molecule has 2 heterocycles. The molecule has 0 spiro atoms. The van der Waals surface area contributed by atoms with Crippen molar-refractivity contribution in [1.29, 1.82) is 0 Å². The van der Waals surface area contributed by atoms with E-state index in [2.05, 4.69) is 30.5 Å². The van der Waals surface area contributed by atoms with E-state index < -0.39 is 18.1 Å². The molecule has 1 aromatic heterocycles. The van der Waals surface area contributed by atoms with Gasteiger partial charge in [-0.25, -0.2) is 4.79 Å². The molecule has 0 aliphatic carbocycles. The lowest BCUT2D eigenvalue weighted by Crippen LogP contribution is -2.32. The van der Waals surface area contributed by atoms with Crippen molar-refractivity contribution in [1.82, 2.24) is 4.57 Å². The van der Waals surface area contributed by atoms with Crippen molar-refractivity contribution >= 4 is 39.2 Å². The molecule has 3 rings (SSSR count). The van der Waals surface area contributed by atoms with Crippen LogP contribution in [0, 0.1) is 0 Å². The molecular formula is C16H20N4O4S. The highest BCUT2D eigenvalue weighted by molar-refractivity contribution is 7.16. The van der Waals surface area contributed by atoms with Crippen molar-refractivity contribution in [3.05, 3.63) is 23.0 Å². The summed E-state index contributed by atoms with van der Waals surface area (Å²) in [7, 11) is 1.51. The number of hydrogen-bond acceptors (Lipinski definition) is 6. The van der Waals surface area contributed by atoms with Crippen LogP contribution in [-0.2, 0) is 19.9 Å². The predicted octanol–water partition coefficient (Wildman–Crippen LogP) is 1.73. The van der Waals surface area contributed by atoms with Crippen molar-refractivity contribution in [2.75, 3.05) is 18.6 Å². The quantitative estimate of drug-likeness (QED) is 0.839. The smallest absolute Gasteiger partial charge is 0.415 e. The lowest BCUT2D eigenvalue weighted by atomic mass is 10.1. The van der Waals surface area contributed by atoms with Gasteiger partial charge in [-0.15, -0.1) is 0 Å². The van der Waals surface area contributed by atoms with E-state index >= 15 is 0 Å². The SMILES string of the molecule is CO/N=c1\sc2cc(N3C[C@H](C(N)=O)OC3=O)ccc2n1C(C)(C)C. The summed E-state index contributed by atoms with van der Waals surface area (Å²) in [4.78, 5) is 30.4. The molecule has 1 saturated heterocycles. The number of anilines is 1. The first kappa shape index (κ1) is 17.3. The highest BCUT2D eigenvalue weighted by Crippen LogP contribution is 2.30. The van der Waals surface area contributed by atoms with E-state index in [0.29, 0.717) is 5.69 Å². The van der Waals surface area contributed by atoms with E-state index in [0.717, 1.165) is 15.0 Å². The van der Waals surface area contributed by atoms with E-state index in [-0.39, 0.29) is 12.1 Å². The minimum absolute atomic E-state index is 0.111. The summed E-state index contributed by atoms with van der Waals surface area (Å²) in [5.74, 6) is -0.653. The van der Waals surface area contributed by atoms with Gasteiger partial charge in [0, 0.05) is 11.2 Å². The molecule has 8 nitrogen and oxygen atoms in total. The van der Waals surface area contributed by atoms with Crippen LogP contribution in [0.2, 0.25) is 0 Å². The number of hydrogen-bond donors (Lipinski definition) is 1. The summed E-state index contributed by atoms with van der Waals surface area (Å²) in [5.41, 5.74) is 6.66. The summed E-state index contributed by atoms with van der Waals surface area (Å²) in [6, 6.07) is 5.62. The zero-order valence-corrected chi connectivity index (χ0v) is 15.3. The van der Waals surface area contributed by atoms with Crippen molar-refractivity contribution < 1.29 is 19.2 Å². The molecule has 2 N–H and O–H groups in total. The molecule has 25 heavy (non-hydrogen) atoms. The van der Waals surface area contributed by atoms with Crippen molar-refractivity contribution in [3.8, 4) is 0 Å². The second-order valence-corrected chi connectivity index (χ2v) is 7.71. The number of fused-ring (bicyclic) bond motifs is 1. The van der Waals surface area contributed by atoms with E-state index in [9.17, 15) is 9.59 Å². The topological polar surface area (TPSA) is 99.2 Å². The number of primary amides is 1. The number of benzene rings is 1. The number of aromatic nitrogens is 1. The minimum atomic E-state index is -0.926. The Labute approximate surface area is 148 Å². The number of carbonyl (C=O) groups is 2. The number of nitrogens with two attached hydrogens (primary N) is 1. The molecule has 2 amide bonds. The Bertz CT molecular complexity index is 909. The van der Waals surface area contributed by atoms with E-state index in [1.807, 2.05) is 18.2 Å². The second-order valence-electron chi connectivity index (χ2n) is 6.70. The van der Waals surface area contributed by atoms with Gasteiger partial charge in [0.1, 0.15) is 7.11 Å². The van der Waals surface area contributed by atoms with Crippen LogP contribution in [0.5, 0.6) is 0 Å². The van der Waals surface area contributed by atoms with Crippen LogP contribution in [0.25, 0.3) is 10.2 Å². The Morgan fingerprint density at radius 1 is 1.44 bits per heavy atom. The Morgan fingerprint density at radius 2 is 2.16 bits per heavy atom. The molecule has 0 saturated carbocycles. The summed E-state index contributed by atoms with van der Waals surface area (Å²) in [5, 5.41) is 4.10. The number of cyclic esters (lactones) is 1. The zero-order valence-electron chi connectivity index (χ0n) is 14.5. The highest BCUT2D eigenvalue weighted by Gasteiger charge is 2.36. The van der Waals surface area contributed by atoms with Crippen LogP contribution < -0.4 is 15.4 Å². The number of rotatable bonds is 3. The van der Waals surface area contributed by atoms with Crippen LogP contribution in [0.3, 0.4) is 0 Å². The van der Waals surface area contributed by atoms with Gasteiger partial charge in [0.2, 0.25) is 4.80 Å². The minimum Gasteiger partial charge on any atom is -0.434 e. The van der Waals surface area contributed by atoms with Crippen molar-refractivity contribution in [2.24, 2.45) is 10.9 Å². The molecule has 1 fully saturated rings. The third-order valence-corrected chi connectivity index (χ3v) is 4.84. The van der Waals surface area contributed by atoms with Crippen LogP contribution >= 0.6 is 11.3 Å². The van der Waals surface area contributed by atoms with E-state index in [1.54, 1.807) is 0 Å². The maximum absolute atomic E-state index is 12.0. The monoisotopic (exact) mass is 364 g/mol. The molecule has 1 aliphatic heterocycles. The van der Waals surface area contributed by atoms with Gasteiger partial charge in [-0.05, 0) is 39.0 Å². The van der Waals surface area contributed by atoms with Crippen molar-refractivity contribution in [3.63, 3.8) is 0 Å². The molecule has 1 atom stereocenters. The lowest BCUT2D eigenvalue weighted by molar-refractivity contribution is -0.124. The molecule has 1 aromatic carbocycles. The summed E-state index contributed by atoms with van der Waals surface area (Å²) in [6.07, 6.45) is -1.50. The number of thiazole rings is 1.